The van der Waals surface area contributed by atoms with Gasteiger partial charge in [-0.1, -0.05) is 32.9 Å². The highest BCUT2D eigenvalue weighted by molar-refractivity contribution is 5.89. The molecule has 1 aromatic carbocycles. The van der Waals surface area contributed by atoms with E-state index in [2.05, 4.69) is 19.1 Å². The van der Waals surface area contributed by atoms with Gasteiger partial charge in [-0.3, -0.25) is 4.90 Å². The molecular formula is C18H31NO2. The summed E-state index contributed by atoms with van der Waals surface area (Å²) in [4.78, 5) is 14.0. The van der Waals surface area contributed by atoms with Crippen molar-refractivity contribution < 1.29 is 9.53 Å². The van der Waals surface area contributed by atoms with Gasteiger partial charge in [-0.15, -0.1) is 0 Å². The second kappa shape index (κ2) is 8.71. The highest BCUT2D eigenvalue weighted by atomic mass is 16.6. The Kier molecular flexibility index (Phi) is 8.08. The number of carbonyl (C=O) groups excluding carboxylic acids is 1. The lowest BCUT2D eigenvalue weighted by Gasteiger charge is -2.28. The minimum absolute atomic E-state index is 0.282. The summed E-state index contributed by atoms with van der Waals surface area (Å²) in [6.07, 6.45) is 0.616. The first-order valence-electron chi connectivity index (χ1n) is 7.88. The van der Waals surface area contributed by atoms with E-state index in [0.717, 1.165) is 17.7 Å². The molecule has 0 saturated heterocycles. The third-order valence-electron chi connectivity index (χ3n) is 2.84. The number of nitrogens with zero attached hydrogens (tertiary/aromatic N) is 1. The van der Waals surface area contributed by atoms with Gasteiger partial charge in [0.05, 0.1) is 5.69 Å². The summed E-state index contributed by atoms with van der Waals surface area (Å²) in [7, 11) is 0. The average Bonchev–Trinajstić information content (AvgIpc) is 2.40. The van der Waals surface area contributed by atoms with E-state index in [1.165, 1.54) is 5.56 Å². The van der Waals surface area contributed by atoms with Gasteiger partial charge in [-0.2, -0.15) is 0 Å². The first kappa shape index (κ1) is 19.5. The Hall–Kier alpha value is -1.51. The quantitative estimate of drug-likeness (QED) is 0.752. The van der Waals surface area contributed by atoms with Crippen molar-refractivity contribution in [3.8, 4) is 0 Å². The monoisotopic (exact) mass is 293 g/mol. The Bertz CT molecular complexity index is 447. The Morgan fingerprint density at radius 1 is 1.19 bits per heavy atom. The SMILES string of the molecule is CC.CCc1ccc(C)cc1N(CC)C(=O)OC(C)(C)C. The van der Waals surface area contributed by atoms with Crippen molar-refractivity contribution >= 4 is 11.8 Å². The molecule has 120 valence electrons. The van der Waals surface area contributed by atoms with Crippen molar-refractivity contribution in [2.75, 3.05) is 11.4 Å². The lowest BCUT2D eigenvalue weighted by atomic mass is 10.1. The number of amides is 1. The van der Waals surface area contributed by atoms with Gasteiger partial charge in [0, 0.05) is 6.54 Å². The van der Waals surface area contributed by atoms with E-state index < -0.39 is 5.60 Å². The van der Waals surface area contributed by atoms with E-state index in [-0.39, 0.29) is 6.09 Å². The standard InChI is InChI=1S/C16H25NO2.C2H6/c1-7-13-10-9-12(3)11-14(13)17(8-2)15(18)19-16(4,5)6;1-2/h9-11H,7-8H2,1-6H3;1-2H3. The zero-order valence-corrected chi connectivity index (χ0v) is 14.9. The third-order valence-corrected chi connectivity index (χ3v) is 2.84. The predicted molar refractivity (Wildman–Crippen MR) is 91.2 cm³/mol. The maximum absolute atomic E-state index is 12.3. The highest BCUT2D eigenvalue weighted by Crippen LogP contribution is 2.24. The van der Waals surface area contributed by atoms with Gasteiger partial charge < -0.3 is 4.74 Å². The van der Waals surface area contributed by atoms with Crippen LogP contribution in [-0.4, -0.2) is 18.2 Å². The molecule has 0 fully saturated rings. The summed E-state index contributed by atoms with van der Waals surface area (Å²) in [6.45, 7) is 16.3. The fourth-order valence-electron chi connectivity index (χ4n) is 1.94. The van der Waals surface area contributed by atoms with Crippen molar-refractivity contribution in [3.63, 3.8) is 0 Å². The minimum atomic E-state index is -0.472. The molecule has 0 aliphatic heterocycles. The molecule has 0 radical (unpaired) electrons. The lowest BCUT2D eigenvalue weighted by Crippen LogP contribution is -2.37. The molecule has 0 unspecified atom stereocenters. The molecule has 0 aliphatic carbocycles. The van der Waals surface area contributed by atoms with Crippen molar-refractivity contribution in [2.24, 2.45) is 0 Å². The molecule has 0 atom stereocenters. The van der Waals surface area contributed by atoms with Crippen LogP contribution in [0.25, 0.3) is 0 Å². The second-order valence-electron chi connectivity index (χ2n) is 5.71. The summed E-state index contributed by atoms with van der Waals surface area (Å²) in [6, 6.07) is 6.20. The average molecular weight is 293 g/mol. The molecule has 0 aromatic heterocycles. The fraction of sp³-hybridized carbons (Fsp3) is 0.611. The van der Waals surface area contributed by atoms with E-state index in [1.807, 2.05) is 54.5 Å². The Morgan fingerprint density at radius 2 is 1.76 bits per heavy atom. The van der Waals surface area contributed by atoms with Crippen LogP contribution in [-0.2, 0) is 11.2 Å². The molecule has 3 nitrogen and oxygen atoms in total. The molecule has 1 rings (SSSR count). The summed E-state index contributed by atoms with van der Waals surface area (Å²) >= 11 is 0. The molecule has 3 heteroatoms. The van der Waals surface area contributed by atoms with Gasteiger partial charge in [0.1, 0.15) is 5.60 Å². The molecule has 0 heterocycles. The topological polar surface area (TPSA) is 29.5 Å². The number of ether oxygens (including phenoxy) is 1. The van der Waals surface area contributed by atoms with Gasteiger partial charge in [0.15, 0.2) is 0 Å². The van der Waals surface area contributed by atoms with Crippen LogP contribution in [0.3, 0.4) is 0 Å². The number of hydrogen-bond acceptors (Lipinski definition) is 2. The fourth-order valence-corrected chi connectivity index (χ4v) is 1.94. The summed E-state index contributed by atoms with van der Waals surface area (Å²) in [5.74, 6) is 0. The number of hydrogen-bond donors (Lipinski definition) is 0. The molecular weight excluding hydrogens is 262 g/mol. The van der Waals surface area contributed by atoms with Gasteiger partial charge in [-0.05, 0) is 58.2 Å². The maximum atomic E-state index is 12.3. The number of rotatable bonds is 3. The first-order chi connectivity index (χ1) is 9.78. The largest absolute Gasteiger partial charge is 0.443 e. The van der Waals surface area contributed by atoms with E-state index >= 15 is 0 Å². The van der Waals surface area contributed by atoms with Crippen LogP contribution < -0.4 is 4.90 Å². The van der Waals surface area contributed by atoms with Gasteiger partial charge in [-0.25, -0.2) is 4.79 Å². The van der Waals surface area contributed by atoms with Crippen molar-refractivity contribution in [1.29, 1.82) is 0 Å². The highest BCUT2D eigenvalue weighted by Gasteiger charge is 2.23. The minimum Gasteiger partial charge on any atom is -0.443 e. The first-order valence-corrected chi connectivity index (χ1v) is 7.88. The maximum Gasteiger partial charge on any atom is 0.414 e. The second-order valence-corrected chi connectivity index (χ2v) is 5.71. The van der Waals surface area contributed by atoms with Crippen molar-refractivity contribution in [2.45, 2.75) is 67.4 Å². The third kappa shape index (κ3) is 6.19. The summed E-state index contributed by atoms with van der Waals surface area (Å²) in [5, 5.41) is 0. The summed E-state index contributed by atoms with van der Waals surface area (Å²) < 4.78 is 5.47. The molecule has 21 heavy (non-hydrogen) atoms. The van der Waals surface area contributed by atoms with Crippen LogP contribution in [0.1, 0.15) is 59.6 Å². The molecule has 1 aromatic rings. The Morgan fingerprint density at radius 3 is 2.19 bits per heavy atom. The predicted octanol–water partition coefficient (Wildman–Crippen LogP) is 5.35. The zero-order chi connectivity index (χ0) is 16.6. The molecule has 0 saturated carbocycles. The molecule has 1 amide bonds. The Labute approximate surface area is 130 Å². The zero-order valence-electron chi connectivity index (χ0n) is 14.9. The van der Waals surface area contributed by atoms with E-state index in [4.69, 9.17) is 4.74 Å². The smallest absolute Gasteiger partial charge is 0.414 e. The lowest BCUT2D eigenvalue weighted by molar-refractivity contribution is 0.0582. The number of aryl methyl sites for hydroxylation is 2. The van der Waals surface area contributed by atoms with Crippen molar-refractivity contribution in [3.05, 3.63) is 29.3 Å². The van der Waals surface area contributed by atoms with Crippen LogP contribution in [0.2, 0.25) is 0 Å². The molecule has 0 N–H and O–H groups in total. The van der Waals surface area contributed by atoms with Crippen LogP contribution in [0.15, 0.2) is 18.2 Å². The van der Waals surface area contributed by atoms with E-state index in [1.54, 1.807) is 4.90 Å². The van der Waals surface area contributed by atoms with Crippen LogP contribution in [0, 0.1) is 6.92 Å². The summed E-state index contributed by atoms with van der Waals surface area (Å²) in [5.41, 5.74) is 2.80. The van der Waals surface area contributed by atoms with Crippen LogP contribution >= 0.6 is 0 Å². The molecule has 0 aliphatic rings. The van der Waals surface area contributed by atoms with Gasteiger partial charge in [0.25, 0.3) is 0 Å². The van der Waals surface area contributed by atoms with Gasteiger partial charge >= 0.3 is 6.09 Å². The van der Waals surface area contributed by atoms with E-state index in [9.17, 15) is 4.79 Å². The normalized spacial score (nSPS) is 10.5. The van der Waals surface area contributed by atoms with Crippen molar-refractivity contribution in [1.82, 2.24) is 0 Å². The number of anilines is 1. The molecule has 0 bridgehead atoms. The Balaban J connectivity index is 0.00000191. The van der Waals surface area contributed by atoms with Gasteiger partial charge in [0.2, 0.25) is 0 Å². The van der Waals surface area contributed by atoms with Crippen LogP contribution in [0.4, 0.5) is 10.5 Å². The molecule has 0 spiro atoms. The van der Waals surface area contributed by atoms with Crippen LogP contribution in [0.5, 0.6) is 0 Å². The number of benzene rings is 1. The number of carbonyl (C=O) groups is 1. The van der Waals surface area contributed by atoms with E-state index in [0.29, 0.717) is 6.54 Å².